The van der Waals surface area contributed by atoms with Gasteiger partial charge in [0.1, 0.15) is 6.26 Å². The maximum Gasteiger partial charge on any atom is 0.227 e. The van der Waals surface area contributed by atoms with Crippen molar-refractivity contribution in [1.82, 2.24) is 10.3 Å². The number of halogens is 2. The van der Waals surface area contributed by atoms with Gasteiger partial charge in [0.15, 0.2) is 0 Å². The Morgan fingerprint density at radius 1 is 1.44 bits per heavy atom. The third-order valence-electron chi connectivity index (χ3n) is 2.86. The van der Waals surface area contributed by atoms with E-state index in [-0.39, 0.29) is 0 Å². The highest BCUT2D eigenvalue weighted by Gasteiger charge is 2.20. The lowest BCUT2D eigenvalue weighted by Gasteiger charge is -2.00. The summed E-state index contributed by atoms with van der Waals surface area (Å²) in [7, 11) is 0. The molecular weight excluding hydrogens is 316 g/mol. The van der Waals surface area contributed by atoms with Crippen LogP contribution in [-0.4, -0.2) is 11.0 Å². The van der Waals surface area contributed by atoms with Crippen LogP contribution in [0.15, 0.2) is 33.4 Å². The lowest BCUT2D eigenvalue weighted by Crippen LogP contribution is -2.15. The van der Waals surface area contributed by atoms with Crippen LogP contribution in [0.1, 0.15) is 18.5 Å². The molecule has 0 saturated heterocycles. The molecule has 5 heteroatoms. The van der Waals surface area contributed by atoms with E-state index in [0.29, 0.717) is 17.0 Å². The molecule has 1 heterocycles. The van der Waals surface area contributed by atoms with Crippen LogP contribution in [0.25, 0.3) is 11.5 Å². The molecule has 1 aromatic heterocycles. The Kier molecular flexibility index (Phi) is 3.41. The van der Waals surface area contributed by atoms with Crippen LogP contribution < -0.4 is 5.32 Å². The number of oxazole rings is 1. The molecule has 3 nitrogen and oxygen atoms in total. The second-order valence-electron chi connectivity index (χ2n) is 4.42. The maximum atomic E-state index is 5.91. The van der Waals surface area contributed by atoms with Crippen molar-refractivity contribution in [2.75, 3.05) is 0 Å². The molecule has 0 unspecified atom stereocenters. The second-order valence-corrected chi connectivity index (χ2v) is 5.71. The van der Waals surface area contributed by atoms with Gasteiger partial charge in [0.05, 0.1) is 11.3 Å². The zero-order valence-electron chi connectivity index (χ0n) is 9.62. The van der Waals surface area contributed by atoms with Crippen molar-refractivity contribution < 1.29 is 4.42 Å². The summed E-state index contributed by atoms with van der Waals surface area (Å²) in [4.78, 5) is 4.47. The Bertz CT molecular complexity index is 566. The van der Waals surface area contributed by atoms with Crippen molar-refractivity contribution in [3.05, 3.63) is 39.7 Å². The number of hydrogen-bond donors (Lipinski definition) is 1. The van der Waals surface area contributed by atoms with E-state index in [2.05, 4.69) is 26.2 Å². The van der Waals surface area contributed by atoms with E-state index in [4.69, 9.17) is 16.0 Å². The van der Waals surface area contributed by atoms with Gasteiger partial charge in [-0.2, -0.15) is 0 Å². The predicted molar refractivity (Wildman–Crippen MR) is 74.5 cm³/mol. The Morgan fingerprint density at radius 3 is 3.00 bits per heavy atom. The first-order valence-electron chi connectivity index (χ1n) is 5.85. The highest BCUT2D eigenvalue weighted by atomic mass is 79.9. The van der Waals surface area contributed by atoms with Gasteiger partial charge >= 0.3 is 0 Å². The summed E-state index contributed by atoms with van der Waals surface area (Å²) in [5.74, 6) is 0.617. The molecule has 3 rings (SSSR count). The van der Waals surface area contributed by atoms with Crippen molar-refractivity contribution in [1.29, 1.82) is 0 Å². The van der Waals surface area contributed by atoms with Gasteiger partial charge in [-0.3, -0.25) is 0 Å². The average molecular weight is 328 g/mol. The molecule has 0 bridgehead atoms. The molecule has 1 aliphatic carbocycles. The maximum absolute atomic E-state index is 5.91. The predicted octanol–water partition coefficient (Wildman–Crippen LogP) is 4.01. The Morgan fingerprint density at radius 2 is 2.28 bits per heavy atom. The number of hydrogen-bond acceptors (Lipinski definition) is 3. The van der Waals surface area contributed by atoms with Gasteiger partial charge in [-0.05, 0) is 47.0 Å². The van der Waals surface area contributed by atoms with Gasteiger partial charge < -0.3 is 9.73 Å². The molecular formula is C13H12BrClN2O. The first-order valence-corrected chi connectivity index (χ1v) is 7.02. The third kappa shape index (κ3) is 2.76. The SMILES string of the molecule is Clc1ccc(-c2nc(CNC3CC3)co2)c(Br)c1. The van der Waals surface area contributed by atoms with Crippen LogP contribution in [0.2, 0.25) is 5.02 Å². The summed E-state index contributed by atoms with van der Waals surface area (Å²) in [5.41, 5.74) is 1.84. The van der Waals surface area contributed by atoms with Crippen LogP contribution >= 0.6 is 27.5 Å². The summed E-state index contributed by atoms with van der Waals surface area (Å²) in [6.07, 6.45) is 4.24. The molecule has 1 N–H and O–H groups in total. The fourth-order valence-electron chi connectivity index (χ4n) is 1.71. The molecule has 1 aliphatic rings. The summed E-state index contributed by atoms with van der Waals surface area (Å²) < 4.78 is 6.39. The lowest BCUT2D eigenvalue weighted by molar-refractivity contribution is 0.569. The van der Waals surface area contributed by atoms with Crippen molar-refractivity contribution in [3.8, 4) is 11.5 Å². The molecule has 18 heavy (non-hydrogen) atoms. The topological polar surface area (TPSA) is 38.1 Å². The molecule has 1 saturated carbocycles. The molecule has 2 aromatic rings. The molecule has 0 atom stereocenters. The van der Waals surface area contributed by atoms with E-state index in [9.17, 15) is 0 Å². The van der Waals surface area contributed by atoms with Gasteiger partial charge in [-0.25, -0.2) is 4.98 Å². The quantitative estimate of drug-likeness (QED) is 0.922. The van der Waals surface area contributed by atoms with E-state index in [1.54, 1.807) is 6.26 Å². The largest absolute Gasteiger partial charge is 0.444 e. The fourth-order valence-corrected chi connectivity index (χ4v) is 2.56. The lowest BCUT2D eigenvalue weighted by atomic mass is 10.2. The van der Waals surface area contributed by atoms with Crippen molar-refractivity contribution >= 4 is 27.5 Å². The molecule has 1 fully saturated rings. The summed E-state index contributed by atoms with van der Waals surface area (Å²) in [5, 5.41) is 4.09. The zero-order chi connectivity index (χ0) is 12.5. The minimum atomic E-state index is 0.617. The first kappa shape index (κ1) is 12.2. The van der Waals surface area contributed by atoms with Gasteiger partial charge in [0.25, 0.3) is 0 Å². The van der Waals surface area contributed by atoms with Crippen molar-refractivity contribution in [3.63, 3.8) is 0 Å². The minimum Gasteiger partial charge on any atom is -0.444 e. The van der Waals surface area contributed by atoms with E-state index in [0.717, 1.165) is 22.3 Å². The summed E-state index contributed by atoms with van der Waals surface area (Å²) in [6, 6.07) is 6.24. The van der Waals surface area contributed by atoms with Crippen LogP contribution in [0.4, 0.5) is 0 Å². The summed E-state index contributed by atoms with van der Waals surface area (Å²) in [6.45, 7) is 0.763. The highest BCUT2D eigenvalue weighted by Crippen LogP contribution is 2.30. The van der Waals surface area contributed by atoms with E-state index in [1.165, 1.54) is 12.8 Å². The van der Waals surface area contributed by atoms with Crippen LogP contribution in [0, 0.1) is 0 Å². The van der Waals surface area contributed by atoms with Gasteiger partial charge in [-0.1, -0.05) is 11.6 Å². The second kappa shape index (κ2) is 5.03. The van der Waals surface area contributed by atoms with Crippen molar-refractivity contribution in [2.45, 2.75) is 25.4 Å². The molecule has 94 valence electrons. The third-order valence-corrected chi connectivity index (χ3v) is 3.75. The van der Waals surface area contributed by atoms with Crippen molar-refractivity contribution in [2.24, 2.45) is 0 Å². The normalized spacial score (nSPS) is 15.0. The first-order chi connectivity index (χ1) is 8.72. The van der Waals surface area contributed by atoms with Gasteiger partial charge in [0.2, 0.25) is 5.89 Å². The number of nitrogens with zero attached hydrogens (tertiary/aromatic N) is 1. The van der Waals surface area contributed by atoms with Gasteiger partial charge in [0, 0.05) is 22.1 Å². The monoisotopic (exact) mass is 326 g/mol. The Balaban J connectivity index is 1.78. The van der Waals surface area contributed by atoms with Crippen LogP contribution in [0.3, 0.4) is 0 Å². The standard InChI is InChI=1S/C13H12BrClN2O/c14-12-5-8(15)1-4-11(12)13-17-10(7-18-13)6-16-9-2-3-9/h1,4-5,7,9,16H,2-3,6H2. The average Bonchev–Trinajstić information content (AvgIpc) is 3.05. The van der Waals surface area contributed by atoms with Crippen LogP contribution in [0.5, 0.6) is 0 Å². The molecule has 1 aromatic carbocycles. The molecule has 0 radical (unpaired) electrons. The van der Waals surface area contributed by atoms with E-state index in [1.807, 2.05) is 18.2 Å². The Hall–Kier alpha value is -0.840. The molecule has 0 spiro atoms. The summed E-state index contributed by atoms with van der Waals surface area (Å²) >= 11 is 9.38. The molecule has 0 aliphatic heterocycles. The number of rotatable bonds is 4. The fraction of sp³-hybridized carbons (Fsp3) is 0.308. The molecule has 0 amide bonds. The van der Waals surface area contributed by atoms with E-state index >= 15 is 0 Å². The number of nitrogens with one attached hydrogen (secondary N) is 1. The Labute approximate surface area is 119 Å². The minimum absolute atomic E-state index is 0.617. The number of benzene rings is 1. The smallest absolute Gasteiger partial charge is 0.227 e. The van der Waals surface area contributed by atoms with Gasteiger partial charge in [-0.15, -0.1) is 0 Å². The highest BCUT2D eigenvalue weighted by molar-refractivity contribution is 9.10. The van der Waals surface area contributed by atoms with E-state index < -0.39 is 0 Å². The zero-order valence-corrected chi connectivity index (χ0v) is 12.0. The van der Waals surface area contributed by atoms with Crippen LogP contribution in [-0.2, 0) is 6.54 Å². The number of aromatic nitrogens is 1.